The molecule has 1 aliphatic heterocycles. The Kier molecular flexibility index (Phi) is 21.9. The van der Waals surface area contributed by atoms with Crippen molar-refractivity contribution in [3.63, 3.8) is 0 Å². The molecule has 5 rings (SSSR count). The van der Waals surface area contributed by atoms with Crippen molar-refractivity contribution in [2.45, 2.75) is 154 Å². The van der Waals surface area contributed by atoms with Gasteiger partial charge in [-0.15, -0.1) is 0 Å². The number of aliphatic hydroxyl groups excluding tert-OH is 2. The normalized spacial score (nSPS) is 22.7. The van der Waals surface area contributed by atoms with Crippen molar-refractivity contribution in [1.82, 2.24) is 16.0 Å². The molecule has 0 spiro atoms. The van der Waals surface area contributed by atoms with Gasteiger partial charge in [-0.3, -0.25) is 28.8 Å². The first kappa shape index (κ1) is 58.4. The van der Waals surface area contributed by atoms with Crippen LogP contribution in [0.1, 0.15) is 148 Å². The molecule has 1 fully saturated rings. The number of carbonyl (C=O) groups excluding carboxylic acids is 6. The lowest BCUT2D eigenvalue weighted by atomic mass is 9.72. The average molecular weight is 1020 g/mol. The Bertz CT molecular complexity index is 2540. The molecule has 2 aliphatic carbocycles. The lowest BCUT2D eigenvalue weighted by Gasteiger charge is -2.43. The highest BCUT2D eigenvalue weighted by molar-refractivity contribution is 6.31. The van der Waals surface area contributed by atoms with Crippen LogP contribution in [0.2, 0.25) is 0 Å². The summed E-state index contributed by atoms with van der Waals surface area (Å²) in [5, 5.41) is 64.5. The monoisotopic (exact) mass is 1020 g/mol. The topological polar surface area (TPSA) is 267 Å². The van der Waals surface area contributed by atoms with Crippen molar-refractivity contribution in [3.05, 3.63) is 124 Å². The minimum absolute atomic E-state index is 0.0408. The Labute approximate surface area is 433 Å². The van der Waals surface area contributed by atoms with Crippen molar-refractivity contribution in [2.24, 2.45) is 5.92 Å². The van der Waals surface area contributed by atoms with Crippen LogP contribution in [0.5, 0.6) is 17.2 Å². The molecule has 2 aromatic carbocycles. The Balaban J connectivity index is 1.16. The number of aliphatic hydroxyl groups is 3. The maximum Gasteiger partial charge on any atom is 0.243 e. The molecule has 1 heterocycles. The lowest BCUT2D eigenvalue weighted by molar-refractivity contribution is -0.249. The molecule has 400 valence electrons. The zero-order valence-electron chi connectivity index (χ0n) is 43.2. The van der Waals surface area contributed by atoms with Gasteiger partial charge in [-0.2, -0.15) is 0 Å². The maximum absolute atomic E-state index is 14.1. The second-order valence-electron chi connectivity index (χ2n) is 19.1. The van der Waals surface area contributed by atoms with E-state index >= 15 is 0 Å². The third-order valence-corrected chi connectivity index (χ3v) is 13.2. The molecular weight excluding hydrogens is 951 g/mol. The molecule has 74 heavy (non-hydrogen) atoms. The molecule has 0 radical (unpaired) electrons. The predicted octanol–water partition coefficient (Wildman–Crippen LogP) is 6.28. The van der Waals surface area contributed by atoms with Gasteiger partial charge in [0.15, 0.2) is 17.9 Å². The predicted molar refractivity (Wildman–Crippen MR) is 278 cm³/mol. The van der Waals surface area contributed by atoms with E-state index in [0.717, 1.165) is 32.1 Å². The summed E-state index contributed by atoms with van der Waals surface area (Å²) < 4.78 is 17.6. The van der Waals surface area contributed by atoms with E-state index in [1.54, 1.807) is 13.8 Å². The number of nitrogens with one attached hydrogen (secondary N) is 3. The van der Waals surface area contributed by atoms with Crippen LogP contribution in [0.4, 0.5) is 0 Å². The fourth-order valence-electron chi connectivity index (χ4n) is 9.18. The van der Waals surface area contributed by atoms with Crippen LogP contribution in [0.15, 0.2) is 91.1 Å². The first-order valence-electron chi connectivity index (χ1n) is 25.4. The maximum atomic E-state index is 14.1. The number of hydrogen-bond acceptors (Lipinski definition) is 14. The molecule has 0 unspecified atom stereocenters. The average Bonchev–Trinajstić information content (AvgIpc) is 3.36. The van der Waals surface area contributed by atoms with E-state index in [2.05, 4.69) is 83.6 Å². The van der Waals surface area contributed by atoms with Gasteiger partial charge in [-0.05, 0) is 70.8 Å². The number of aromatic hydroxyl groups is 2. The number of ketones is 3. The van der Waals surface area contributed by atoms with Gasteiger partial charge in [0.1, 0.15) is 47.6 Å². The van der Waals surface area contributed by atoms with E-state index in [9.17, 15) is 54.3 Å². The highest BCUT2D eigenvalue weighted by atomic mass is 16.7. The summed E-state index contributed by atoms with van der Waals surface area (Å²) in [6.07, 6.45) is 24.5. The number of methoxy groups -OCH3 is 1. The summed E-state index contributed by atoms with van der Waals surface area (Å²) in [7, 11) is 1.30. The first-order chi connectivity index (χ1) is 35.4. The zero-order valence-corrected chi connectivity index (χ0v) is 43.2. The Morgan fingerprint density at radius 3 is 1.96 bits per heavy atom. The van der Waals surface area contributed by atoms with Gasteiger partial charge in [0.2, 0.25) is 23.5 Å². The molecule has 17 heteroatoms. The Hall–Kier alpha value is -6.50. The Morgan fingerprint density at radius 2 is 1.39 bits per heavy atom. The van der Waals surface area contributed by atoms with Crippen LogP contribution in [0.25, 0.3) is 0 Å². The van der Waals surface area contributed by atoms with Gasteiger partial charge in [-0.1, -0.05) is 106 Å². The summed E-state index contributed by atoms with van der Waals surface area (Å²) in [5.41, 5.74) is -4.27. The summed E-state index contributed by atoms with van der Waals surface area (Å²) in [4.78, 5) is 81.0. The van der Waals surface area contributed by atoms with Gasteiger partial charge in [0.25, 0.3) is 0 Å². The van der Waals surface area contributed by atoms with Crippen LogP contribution in [-0.2, 0) is 35.1 Å². The molecule has 17 nitrogen and oxygen atoms in total. The molecule has 0 aromatic heterocycles. The molecule has 0 bridgehead atoms. The third kappa shape index (κ3) is 14.6. The number of carbonyl (C=O) groups is 6. The van der Waals surface area contributed by atoms with Crippen molar-refractivity contribution in [2.75, 3.05) is 13.7 Å². The van der Waals surface area contributed by atoms with E-state index in [1.165, 1.54) is 39.2 Å². The lowest BCUT2D eigenvalue weighted by Crippen LogP contribution is -2.60. The first-order valence-corrected chi connectivity index (χ1v) is 25.4. The summed E-state index contributed by atoms with van der Waals surface area (Å²) in [5.74, 6) is -6.32. The molecular formula is C57H73N3O14. The van der Waals surface area contributed by atoms with E-state index in [-0.39, 0.29) is 46.8 Å². The van der Waals surface area contributed by atoms with Crippen molar-refractivity contribution in [3.8, 4) is 17.2 Å². The summed E-state index contributed by atoms with van der Waals surface area (Å²) in [6, 6.07) is 1.10. The van der Waals surface area contributed by atoms with Gasteiger partial charge in [-0.25, -0.2) is 0 Å². The van der Waals surface area contributed by atoms with Crippen LogP contribution >= 0.6 is 0 Å². The number of Topliss-reactive ketones (excluding diaryl/α,β-unsaturated/α-hetero) is 1. The minimum atomic E-state index is -2.39. The highest BCUT2D eigenvalue weighted by Crippen LogP contribution is 2.52. The standard InChI is InChI=1S/C57H73N3O14/c1-7-8-9-10-11-12-13-14-15-16-17-18-19-20-21-22-23-24-25-29-43(63)58-35(4)55(69)60-49(34(2)3)56(70)59-39-30-44(73-36(5)50(39)64)74-41-32-57(71,42(62)33-61)31-38-46(41)54(68)48-47(52(38)66)51(65)37-27-26-28-40(72-6)45(37)53(48)67/h8-9,11-12,14-15,17-18,20-21,23-24,26-28,34-36,39,41,44,49-50,61,64,66,68,71H,7,10,13,16,19,22,25,29-33H2,1-6H3,(H,58,63)(H,59,70)(H,60,69)/b9-8-,12-11-,15-14-,18-17-,21-20-,24-23-/t35-,36-,39-,41-,44-,49-,50+,57-/m0/s1. The highest BCUT2D eigenvalue weighted by Gasteiger charge is 2.50. The van der Waals surface area contributed by atoms with Crippen molar-refractivity contribution >= 4 is 35.1 Å². The largest absolute Gasteiger partial charge is 0.507 e. The van der Waals surface area contributed by atoms with Crippen LogP contribution in [0.3, 0.4) is 0 Å². The van der Waals surface area contributed by atoms with Crippen LogP contribution in [0, 0.1) is 5.92 Å². The number of allylic oxidation sites excluding steroid dienone is 12. The van der Waals surface area contributed by atoms with Crippen molar-refractivity contribution in [1.29, 1.82) is 0 Å². The molecule has 8 N–H and O–H groups in total. The number of rotatable bonds is 25. The number of hydrogen-bond donors (Lipinski definition) is 8. The molecule has 8 atom stereocenters. The molecule has 3 aliphatic rings. The summed E-state index contributed by atoms with van der Waals surface area (Å²) >= 11 is 0. The Morgan fingerprint density at radius 1 is 0.811 bits per heavy atom. The van der Waals surface area contributed by atoms with E-state index in [0.29, 0.717) is 12.8 Å². The van der Waals surface area contributed by atoms with Crippen LogP contribution < -0.4 is 20.7 Å². The molecule has 1 saturated heterocycles. The van der Waals surface area contributed by atoms with Gasteiger partial charge >= 0.3 is 0 Å². The number of ether oxygens (including phenoxy) is 3. The number of phenols is 2. The molecule has 3 amide bonds. The van der Waals surface area contributed by atoms with E-state index in [4.69, 9.17) is 14.2 Å². The zero-order chi connectivity index (χ0) is 54.1. The van der Waals surface area contributed by atoms with Crippen LogP contribution in [-0.4, -0.2) is 117 Å². The number of fused-ring (bicyclic) bond motifs is 3. The smallest absolute Gasteiger partial charge is 0.243 e. The second kappa shape index (κ2) is 27.7. The quantitative estimate of drug-likeness (QED) is 0.0343. The number of amides is 3. The van der Waals surface area contributed by atoms with E-state index < -0.39 is 125 Å². The number of phenolic OH excluding ortho intramolecular Hbond substituents is 2. The SMILES string of the molecule is CC/C=C\C/C=C\C/C=C\C/C=C\C/C=C\C/C=C\CCC(=O)N[C@@H](C)C(=O)N[C@H](C(=O)N[C@H]1C[C@H](O[C@H]2C[C@](O)(C(=O)CO)Cc3c(O)c4c(c(O)c32)C(=O)c2c(OC)cccc2C4=O)O[C@@H](C)[C@H]1O)C(C)C. The fraction of sp³-hybridized carbons (Fsp3) is 0.474. The molecule has 2 aromatic rings. The minimum Gasteiger partial charge on any atom is -0.507 e. The fourth-order valence-corrected chi connectivity index (χ4v) is 9.18. The molecule has 0 saturated carbocycles. The summed E-state index contributed by atoms with van der Waals surface area (Å²) in [6.45, 7) is 7.43. The van der Waals surface area contributed by atoms with E-state index in [1.807, 2.05) is 12.2 Å². The third-order valence-electron chi connectivity index (χ3n) is 13.2. The van der Waals surface area contributed by atoms with Gasteiger partial charge in [0, 0.05) is 42.4 Å². The second-order valence-corrected chi connectivity index (χ2v) is 19.1. The van der Waals surface area contributed by atoms with Crippen molar-refractivity contribution < 1.29 is 68.5 Å². The number of benzene rings is 2. The van der Waals surface area contributed by atoms with Gasteiger partial charge < -0.3 is 55.7 Å². The van der Waals surface area contributed by atoms with Gasteiger partial charge in [0.05, 0.1) is 42.0 Å².